The summed E-state index contributed by atoms with van der Waals surface area (Å²) in [6.45, 7) is 0.308. The lowest BCUT2D eigenvalue weighted by Crippen LogP contribution is -2.27. The average molecular weight is 226 g/mol. The van der Waals surface area contributed by atoms with Gasteiger partial charge in [0.1, 0.15) is 6.10 Å². The molecule has 1 aromatic carbocycles. The second-order valence-corrected chi connectivity index (χ2v) is 3.42. The lowest BCUT2D eigenvalue weighted by Gasteiger charge is -2.24. The van der Waals surface area contributed by atoms with Crippen LogP contribution in [0.25, 0.3) is 0 Å². The lowest BCUT2D eigenvalue weighted by molar-refractivity contribution is -0.574. The Morgan fingerprint density at radius 1 is 1.38 bits per heavy atom. The van der Waals surface area contributed by atoms with E-state index < -0.39 is 12.4 Å². The smallest absolute Gasteiger partial charge is 0.197 e. The first-order chi connectivity index (χ1) is 7.90. The van der Waals surface area contributed by atoms with Crippen molar-refractivity contribution in [2.75, 3.05) is 13.2 Å². The quantitative estimate of drug-likeness (QED) is 0.785. The molecule has 1 heterocycles. The topological polar surface area (TPSA) is 57.2 Å². The molecule has 1 aliphatic rings. The minimum absolute atomic E-state index is 0.106. The summed E-state index contributed by atoms with van der Waals surface area (Å²) in [6.07, 6.45) is -0.345. The Bertz CT molecular complexity index is 297. The molecule has 0 aliphatic carbocycles. The molecule has 0 bridgehead atoms. The normalized spacial score (nSPS) is 22.9. The summed E-state index contributed by atoms with van der Waals surface area (Å²) in [5, 5.41) is 13.6. The monoisotopic (exact) mass is 226 g/mol. The molecule has 2 rings (SSSR count). The van der Waals surface area contributed by atoms with Crippen LogP contribution in [0.4, 0.5) is 0 Å². The highest BCUT2D eigenvalue weighted by Gasteiger charge is 2.22. The van der Waals surface area contributed by atoms with E-state index in [1.165, 1.54) is 0 Å². The summed E-state index contributed by atoms with van der Waals surface area (Å²) >= 11 is 0. The van der Waals surface area contributed by atoms with E-state index in [1.807, 2.05) is 30.3 Å². The first kappa shape index (κ1) is 11.5. The second-order valence-electron chi connectivity index (χ2n) is 3.42. The Balaban J connectivity index is 1.94. The van der Waals surface area contributed by atoms with Gasteiger partial charge in [0.05, 0.1) is 13.2 Å². The van der Waals surface area contributed by atoms with E-state index in [0.717, 1.165) is 5.56 Å². The fourth-order valence-electron chi connectivity index (χ4n) is 1.47. The van der Waals surface area contributed by atoms with Gasteiger partial charge in [-0.05, 0) is 5.56 Å². The van der Waals surface area contributed by atoms with Crippen molar-refractivity contribution in [3.63, 3.8) is 0 Å². The first-order valence-corrected chi connectivity index (χ1v) is 5.16. The number of hydrogen-bond donors (Lipinski definition) is 1. The zero-order chi connectivity index (χ0) is 11.2. The molecule has 88 valence electrons. The summed E-state index contributed by atoms with van der Waals surface area (Å²) in [5.41, 5.74) is 0.903. The van der Waals surface area contributed by atoms with Crippen LogP contribution in [-0.4, -0.2) is 24.6 Å². The third kappa shape index (κ3) is 3.01. The van der Waals surface area contributed by atoms with Crippen molar-refractivity contribution in [3.05, 3.63) is 35.9 Å². The summed E-state index contributed by atoms with van der Waals surface area (Å²) < 4.78 is 5.55. The van der Waals surface area contributed by atoms with Crippen molar-refractivity contribution >= 4 is 0 Å². The predicted molar refractivity (Wildman–Crippen MR) is 53.9 cm³/mol. The van der Waals surface area contributed by atoms with E-state index >= 15 is 0 Å². The van der Waals surface area contributed by atoms with Crippen molar-refractivity contribution in [3.8, 4) is 0 Å². The Morgan fingerprint density at radius 3 is 2.81 bits per heavy atom. The molecule has 2 atom stereocenters. The van der Waals surface area contributed by atoms with Gasteiger partial charge in [-0.3, -0.25) is 0 Å². The van der Waals surface area contributed by atoms with Gasteiger partial charge in [0.15, 0.2) is 6.29 Å². The van der Waals surface area contributed by atoms with E-state index in [9.17, 15) is 5.11 Å². The van der Waals surface area contributed by atoms with Crippen LogP contribution in [0.2, 0.25) is 0 Å². The first-order valence-electron chi connectivity index (χ1n) is 5.16. The number of ether oxygens (including phenoxy) is 1. The molecule has 1 aromatic rings. The van der Waals surface area contributed by atoms with Crippen LogP contribution < -0.4 is 0 Å². The largest absolute Gasteiger partial charge is 0.393 e. The van der Waals surface area contributed by atoms with Crippen LogP contribution in [0, 0.1) is 0 Å². The van der Waals surface area contributed by atoms with Crippen LogP contribution in [0.3, 0.4) is 0 Å². The third-order valence-corrected chi connectivity index (χ3v) is 2.28. The Labute approximate surface area is 93.4 Å². The fraction of sp³-hybridized carbons (Fsp3) is 0.455. The molecular weight excluding hydrogens is 212 g/mol. The number of rotatable bonds is 4. The Morgan fingerprint density at radius 2 is 2.19 bits per heavy atom. The van der Waals surface area contributed by atoms with Gasteiger partial charge in [-0.1, -0.05) is 35.4 Å². The SMILES string of the molecule is OCC(OC1CCOOO1)c1ccccc1. The molecule has 0 saturated carbocycles. The van der Waals surface area contributed by atoms with Gasteiger partial charge in [-0.2, -0.15) is 4.89 Å². The molecule has 1 saturated heterocycles. The number of benzene rings is 1. The minimum atomic E-state index is -0.508. The number of aliphatic hydroxyl groups excluding tert-OH is 1. The van der Waals surface area contributed by atoms with Crippen LogP contribution in [-0.2, 0) is 19.6 Å². The van der Waals surface area contributed by atoms with Gasteiger partial charge in [-0.25, -0.2) is 4.89 Å². The zero-order valence-corrected chi connectivity index (χ0v) is 8.74. The molecule has 1 fully saturated rings. The van der Waals surface area contributed by atoms with E-state index in [0.29, 0.717) is 13.0 Å². The Kier molecular flexibility index (Phi) is 4.26. The lowest BCUT2D eigenvalue weighted by atomic mass is 10.1. The maximum Gasteiger partial charge on any atom is 0.197 e. The third-order valence-electron chi connectivity index (χ3n) is 2.28. The molecule has 2 unspecified atom stereocenters. The molecule has 5 nitrogen and oxygen atoms in total. The van der Waals surface area contributed by atoms with Gasteiger partial charge in [0, 0.05) is 6.42 Å². The van der Waals surface area contributed by atoms with E-state index in [-0.39, 0.29) is 6.61 Å². The molecule has 0 spiro atoms. The fourth-order valence-corrected chi connectivity index (χ4v) is 1.47. The standard InChI is InChI=1S/C11H14O5/c12-8-10(9-4-2-1-3-5-9)14-11-6-7-13-16-15-11/h1-5,10-12H,6-8H2. The molecule has 5 heteroatoms. The van der Waals surface area contributed by atoms with E-state index in [4.69, 9.17) is 9.62 Å². The summed E-state index contributed by atoms with van der Waals surface area (Å²) in [7, 11) is 0. The number of hydrogen-bond acceptors (Lipinski definition) is 5. The van der Waals surface area contributed by atoms with Crippen LogP contribution >= 0.6 is 0 Å². The van der Waals surface area contributed by atoms with Gasteiger partial charge in [0.25, 0.3) is 0 Å². The van der Waals surface area contributed by atoms with Crippen molar-refractivity contribution < 1.29 is 24.7 Å². The minimum Gasteiger partial charge on any atom is -0.393 e. The maximum absolute atomic E-state index is 9.26. The van der Waals surface area contributed by atoms with Crippen LogP contribution in [0.1, 0.15) is 18.1 Å². The predicted octanol–water partition coefficient (Wildman–Crippen LogP) is 1.35. The second kappa shape index (κ2) is 5.93. The molecule has 0 radical (unpaired) electrons. The molecule has 0 aromatic heterocycles. The maximum atomic E-state index is 9.26. The van der Waals surface area contributed by atoms with Crippen molar-refractivity contribution in [2.45, 2.75) is 18.8 Å². The van der Waals surface area contributed by atoms with Crippen molar-refractivity contribution in [1.82, 2.24) is 0 Å². The van der Waals surface area contributed by atoms with Gasteiger partial charge < -0.3 is 9.84 Å². The molecular formula is C11H14O5. The highest BCUT2D eigenvalue weighted by atomic mass is 17.5. The van der Waals surface area contributed by atoms with Crippen molar-refractivity contribution in [1.29, 1.82) is 0 Å². The molecule has 16 heavy (non-hydrogen) atoms. The summed E-state index contributed by atoms with van der Waals surface area (Å²) in [4.78, 5) is 9.33. The molecule has 1 N–H and O–H groups in total. The Hall–Kier alpha value is -0.980. The molecule has 1 aliphatic heterocycles. The van der Waals surface area contributed by atoms with E-state index in [1.54, 1.807) is 0 Å². The van der Waals surface area contributed by atoms with Crippen LogP contribution in [0.5, 0.6) is 0 Å². The van der Waals surface area contributed by atoms with Crippen molar-refractivity contribution in [2.24, 2.45) is 0 Å². The summed E-state index contributed by atoms with van der Waals surface area (Å²) in [6, 6.07) is 9.47. The van der Waals surface area contributed by atoms with E-state index in [2.05, 4.69) is 9.93 Å². The summed E-state index contributed by atoms with van der Waals surface area (Å²) in [5.74, 6) is 0. The van der Waals surface area contributed by atoms with Crippen LogP contribution in [0.15, 0.2) is 30.3 Å². The van der Waals surface area contributed by atoms with Gasteiger partial charge in [-0.15, -0.1) is 0 Å². The highest BCUT2D eigenvalue weighted by Crippen LogP contribution is 2.21. The average Bonchev–Trinajstić information content (AvgIpc) is 2.38. The molecule has 0 amide bonds. The van der Waals surface area contributed by atoms with Gasteiger partial charge in [0.2, 0.25) is 0 Å². The highest BCUT2D eigenvalue weighted by molar-refractivity contribution is 5.17. The number of aliphatic hydroxyl groups is 1. The van der Waals surface area contributed by atoms with Gasteiger partial charge >= 0.3 is 0 Å². The zero-order valence-electron chi connectivity index (χ0n) is 8.74.